The van der Waals surface area contributed by atoms with Crippen LogP contribution in [-0.2, 0) is 4.79 Å². The molecular formula is C8H17NO2. The minimum absolute atomic E-state index is 0.197. The molecule has 0 fully saturated rings. The number of carbonyl (C=O) groups is 1. The van der Waals surface area contributed by atoms with E-state index in [2.05, 4.69) is 0 Å². The molecule has 1 unspecified atom stereocenters. The molecule has 0 radical (unpaired) electrons. The first-order valence-corrected chi connectivity index (χ1v) is 3.88. The molecule has 0 saturated heterocycles. The number of aliphatic hydroxyl groups is 1. The van der Waals surface area contributed by atoms with Crippen molar-refractivity contribution in [2.24, 2.45) is 0 Å². The van der Waals surface area contributed by atoms with E-state index in [4.69, 9.17) is 5.11 Å². The first kappa shape index (κ1) is 10.6. The Kier molecular flexibility index (Phi) is 5.07. The molecule has 3 nitrogen and oxygen atoms in total. The first-order valence-electron chi connectivity index (χ1n) is 3.88. The van der Waals surface area contributed by atoms with Gasteiger partial charge in [-0.2, -0.15) is 0 Å². The fourth-order valence-electron chi connectivity index (χ4n) is 0.891. The van der Waals surface area contributed by atoms with Crippen LogP contribution in [0.1, 0.15) is 20.3 Å². The maximum atomic E-state index is 10.5. The fraction of sp³-hybridized carbons (Fsp3) is 0.875. The van der Waals surface area contributed by atoms with Gasteiger partial charge in [-0.05, 0) is 20.9 Å². The zero-order valence-corrected chi connectivity index (χ0v) is 7.50. The van der Waals surface area contributed by atoms with Gasteiger partial charge in [0.2, 0.25) is 0 Å². The van der Waals surface area contributed by atoms with Crippen LogP contribution in [0.3, 0.4) is 0 Å². The van der Waals surface area contributed by atoms with Gasteiger partial charge in [0.05, 0.1) is 6.10 Å². The average Bonchev–Trinajstić information content (AvgIpc) is 1.82. The highest BCUT2D eigenvalue weighted by atomic mass is 16.3. The van der Waals surface area contributed by atoms with E-state index in [1.807, 2.05) is 11.9 Å². The first-order chi connectivity index (χ1) is 5.02. The minimum Gasteiger partial charge on any atom is -0.392 e. The van der Waals surface area contributed by atoms with Crippen molar-refractivity contribution in [3.05, 3.63) is 0 Å². The lowest BCUT2D eigenvalue weighted by atomic mass is 10.3. The summed E-state index contributed by atoms with van der Waals surface area (Å²) in [5, 5.41) is 8.96. The number of rotatable bonds is 5. The second kappa shape index (κ2) is 5.27. The molecule has 0 rings (SSSR count). The Morgan fingerprint density at radius 3 is 2.55 bits per heavy atom. The van der Waals surface area contributed by atoms with E-state index < -0.39 is 0 Å². The van der Waals surface area contributed by atoms with Crippen molar-refractivity contribution in [3.8, 4) is 0 Å². The third-order valence-electron chi connectivity index (χ3n) is 1.42. The molecule has 0 bridgehead atoms. The molecule has 0 heterocycles. The molecule has 0 saturated carbocycles. The summed E-state index contributed by atoms with van der Waals surface area (Å²) in [5.74, 6) is 0.197. The summed E-state index contributed by atoms with van der Waals surface area (Å²) >= 11 is 0. The van der Waals surface area contributed by atoms with Crippen molar-refractivity contribution >= 4 is 5.78 Å². The van der Waals surface area contributed by atoms with Crippen molar-refractivity contribution in [3.63, 3.8) is 0 Å². The zero-order chi connectivity index (χ0) is 8.85. The predicted octanol–water partition coefficient (Wildman–Crippen LogP) is 0.278. The van der Waals surface area contributed by atoms with E-state index in [9.17, 15) is 4.79 Å². The number of nitrogens with zero attached hydrogens (tertiary/aromatic N) is 1. The number of Topliss-reactive ketones (excluding diaryl/α,β-unsaturated/α-hetero) is 1. The smallest absolute Gasteiger partial charge is 0.131 e. The Morgan fingerprint density at radius 2 is 2.18 bits per heavy atom. The van der Waals surface area contributed by atoms with Gasteiger partial charge in [0.15, 0.2) is 0 Å². The lowest BCUT2D eigenvalue weighted by Crippen LogP contribution is -2.28. The third kappa shape index (κ3) is 7.49. The predicted molar refractivity (Wildman–Crippen MR) is 44.5 cm³/mol. The normalized spacial score (nSPS) is 13.5. The number of hydrogen-bond donors (Lipinski definition) is 1. The molecule has 0 spiro atoms. The number of aliphatic hydroxyl groups excluding tert-OH is 1. The lowest BCUT2D eigenvalue weighted by Gasteiger charge is -2.16. The van der Waals surface area contributed by atoms with Gasteiger partial charge in [0.25, 0.3) is 0 Å². The molecule has 0 aromatic rings. The van der Waals surface area contributed by atoms with Crippen LogP contribution in [-0.4, -0.2) is 42.0 Å². The van der Waals surface area contributed by atoms with Crippen molar-refractivity contribution in [2.45, 2.75) is 26.4 Å². The molecule has 0 aliphatic carbocycles. The lowest BCUT2D eigenvalue weighted by molar-refractivity contribution is -0.117. The highest BCUT2D eigenvalue weighted by Crippen LogP contribution is 1.91. The van der Waals surface area contributed by atoms with Gasteiger partial charge in [-0.25, -0.2) is 0 Å². The van der Waals surface area contributed by atoms with E-state index >= 15 is 0 Å². The number of hydrogen-bond acceptors (Lipinski definition) is 3. The molecule has 0 aromatic heterocycles. The van der Waals surface area contributed by atoms with Gasteiger partial charge in [-0.3, -0.25) is 4.79 Å². The van der Waals surface area contributed by atoms with Crippen LogP contribution in [0.4, 0.5) is 0 Å². The number of carbonyl (C=O) groups excluding carboxylic acids is 1. The second-order valence-corrected chi connectivity index (χ2v) is 3.06. The second-order valence-electron chi connectivity index (χ2n) is 3.06. The van der Waals surface area contributed by atoms with E-state index in [0.29, 0.717) is 13.0 Å². The van der Waals surface area contributed by atoms with Gasteiger partial charge < -0.3 is 10.0 Å². The summed E-state index contributed by atoms with van der Waals surface area (Å²) in [6.07, 6.45) is 0.260. The standard InChI is InChI=1S/C8H17NO2/c1-7(10)4-5-9(3)6-8(2)11/h8,11H,4-6H2,1-3H3. The van der Waals surface area contributed by atoms with Crippen molar-refractivity contribution in [1.82, 2.24) is 4.90 Å². The number of likely N-dealkylation sites (N-methyl/N-ethyl adjacent to an activating group) is 1. The van der Waals surface area contributed by atoms with Crippen LogP contribution in [0.2, 0.25) is 0 Å². The molecular weight excluding hydrogens is 142 g/mol. The van der Waals surface area contributed by atoms with E-state index in [1.54, 1.807) is 13.8 Å². The molecule has 1 atom stereocenters. The van der Waals surface area contributed by atoms with Gasteiger partial charge in [0, 0.05) is 19.5 Å². The molecule has 0 amide bonds. The Bertz CT molecular complexity index is 123. The maximum Gasteiger partial charge on any atom is 0.131 e. The largest absolute Gasteiger partial charge is 0.392 e. The van der Waals surface area contributed by atoms with E-state index in [1.165, 1.54) is 0 Å². The monoisotopic (exact) mass is 159 g/mol. The number of ketones is 1. The van der Waals surface area contributed by atoms with Crippen LogP contribution in [0, 0.1) is 0 Å². The topological polar surface area (TPSA) is 40.5 Å². The fourth-order valence-corrected chi connectivity index (χ4v) is 0.891. The maximum absolute atomic E-state index is 10.5. The molecule has 0 aromatic carbocycles. The van der Waals surface area contributed by atoms with Crippen molar-refractivity contribution in [2.75, 3.05) is 20.1 Å². The third-order valence-corrected chi connectivity index (χ3v) is 1.42. The summed E-state index contributed by atoms with van der Waals surface area (Å²) in [5.41, 5.74) is 0. The van der Waals surface area contributed by atoms with Crippen molar-refractivity contribution in [1.29, 1.82) is 0 Å². The van der Waals surface area contributed by atoms with Gasteiger partial charge in [-0.15, -0.1) is 0 Å². The van der Waals surface area contributed by atoms with E-state index in [0.717, 1.165) is 6.54 Å². The quantitative estimate of drug-likeness (QED) is 0.626. The van der Waals surface area contributed by atoms with Gasteiger partial charge in [-0.1, -0.05) is 0 Å². The Labute approximate surface area is 68.0 Å². The molecule has 1 N–H and O–H groups in total. The Balaban J connectivity index is 3.37. The van der Waals surface area contributed by atoms with Crippen LogP contribution < -0.4 is 0 Å². The van der Waals surface area contributed by atoms with Gasteiger partial charge >= 0.3 is 0 Å². The zero-order valence-electron chi connectivity index (χ0n) is 7.50. The van der Waals surface area contributed by atoms with Crippen molar-refractivity contribution < 1.29 is 9.90 Å². The van der Waals surface area contributed by atoms with E-state index in [-0.39, 0.29) is 11.9 Å². The summed E-state index contributed by atoms with van der Waals surface area (Å²) in [6, 6.07) is 0. The molecule has 3 heteroatoms. The molecule has 66 valence electrons. The van der Waals surface area contributed by atoms with Gasteiger partial charge in [0.1, 0.15) is 5.78 Å². The average molecular weight is 159 g/mol. The summed E-state index contributed by atoms with van der Waals surface area (Å²) in [6.45, 7) is 4.69. The summed E-state index contributed by atoms with van der Waals surface area (Å²) in [4.78, 5) is 12.5. The molecule has 11 heavy (non-hydrogen) atoms. The van der Waals surface area contributed by atoms with Crippen LogP contribution >= 0.6 is 0 Å². The van der Waals surface area contributed by atoms with Crippen LogP contribution in [0.15, 0.2) is 0 Å². The molecule has 0 aliphatic heterocycles. The summed E-state index contributed by atoms with van der Waals surface area (Å²) in [7, 11) is 1.90. The highest BCUT2D eigenvalue weighted by molar-refractivity contribution is 5.75. The Hall–Kier alpha value is -0.410. The molecule has 0 aliphatic rings. The Morgan fingerprint density at radius 1 is 1.64 bits per heavy atom. The summed E-state index contributed by atoms with van der Waals surface area (Å²) < 4.78 is 0. The SMILES string of the molecule is CC(=O)CCN(C)CC(C)O. The van der Waals surface area contributed by atoms with Crippen LogP contribution in [0.25, 0.3) is 0 Å². The minimum atomic E-state index is -0.313. The van der Waals surface area contributed by atoms with Crippen LogP contribution in [0.5, 0.6) is 0 Å². The highest BCUT2D eigenvalue weighted by Gasteiger charge is 2.02.